The Morgan fingerprint density at radius 1 is 1.13 bits per heavy atom. The van der Waals surface area contributed by atoms with Crippen molar-refractivity contribution in [3.8, 4) is 17.0 Å². The third kappa shape index (κ3) is 5.39. The normalized spacial score (nSPS) is 14.3. The van der Waals surface area contributed by atoms with E-state index < -0.39 is 0 Å². The monoisotopic (exact) mass is 406 g/mol. The zero-order valence-corrected chi connectivity index (χ0v) is 16.8. The maximum atomic E-state index is 12.1. The Labute approximate surface area is 175 Å². The Morgan fingerprint density at radius 2 is 1.93 bits per heavy atom. The average molecular weight is 406 g/mol. The molecular formula is C23H26N4O3. The Hall–Kier alpha value is -3.32. The Bertz CT molecular complexity index is 935. The maximum absolute atomic E-state index is 12.1. The summed E-state index contributed by atoms with van der Waals surface area (Å²) in [5.41, 5.74) is 3.74. The van der Waals surface area contributed by atoms with Gasteiger partial charge in [0.15, 0.2) is 0 Å². The Balaban J connectivity index is 1.26. The lowest BCUT2D eigenvalue weighted by molar-refractivity contribution is 0.0806. The van der Waals surface area contributed by atoms with Crippen LogP contribution in [-0.4, -0.2) is 41.9 Å². The zero-order valence-electron chi connectivity index (χ0n) is 16.8. The van der Waals surface area contributed by atoms with Crippen molar-refractivity contribution in [2.45, 2.75) is 25.3 Å². The Morgan fingerprint density at radius 3 is 2.70 bits per heavy atom. The molecule has 3 aromatic rings. The van der Waals surface area contributed by atoms with Crippen LogP contribution < -0.4 is 15.4 Å². The van der Waals surface area contributed by atoms with Crippen LogP contribution >= 0.6 is 0 Å². The number of carbonyl (C=O) groups is 1. The molecular weight excluding hydrogens is 380 g/mol. The molecule has 2 amide bonds. The second-order valence-electron chi connectivity index (χ2n) is 7.23. The number of rotatable bonds is 7. The number of hydrogen-bond donors (Lipinski definition) is 3. The Kier molecular flexibility index (Phi) is 6.61. The van der Waals surface area contributed by atoms with Crippen molar-refractivity contribution >= 4 is 11.7 Å². The molecule has 30 heavy (non-hydrogen) atoms. The lowest BCUT2D eigenvalue weighted by Gasteiger charge is -2.23. The van der Waals surface area contributed by atoms with E-state index in [0.29, 0.717) is 19.8 Å². The SMILES string of the molecule is O=C(Nc1ccc(CCOc2ccccc2-c2c[nH]cn2)cc1)NC1CCOCC1. The minimum atomic E-state index is -0.173. The highest BCUT2D eigenvalue weighted by molar-refractivity contribution is 5.89. The number of para-hydroxylation sites is 1. The highest BCUT2D eigenvalue weighted by Crippen LogP contribution is 2.28. The molecule has 0 bridgehead atoms. The van der Waals surface area contributed by atoms with Crippen molar-refractivity contribution in [3.63, 3.8) is 0 Å². The second kappa shape index (κ2) is 9.93. The summed E-state index contributed by atoms with van der Waals surface area (Å²) >= 11 is 0. The lowest BCUT2D eigenvalue weighted by atomic mass is 10.1. The van der Waals surface area contributed by atoms with E-state index in [1.165, 1.54) is 0 Å². The summed E-state index contributed by atoms with van der Waals surface area (Å²) in [6, 6.07) is 15.7. The highest BCUT2D eigenvalue weighted by atomic mass is 16.5. The molecule has 0 spiro atoms. The van der Waals surface area contributed by atoms with Gasteiger partial charge in [0.05, 0.1) is 18.6 Å². The molecule has 0 saturated carbocycles. The zero-order chi connectivity index (χ0) is 20.6. The van der Waals surface area contributed by atoms with Crippen LogP contribution in [0.1, 0.15) is 18.4 Å². The van der Waals surface area contributed by atoms with Gasteiger partial charge in [-0.2, -0.15) is 0 Å². The molecule has 1 fully saturated rings. The lowest BCUT2D eigenvalue weighted by Crippen LogP contribution is -2.41. The van der Waals surface area contributed by atoms with E-state index in [-0.39, 0.29) is 12.1 Å². The van der Waals surface area contributed by atoms with Crippen LogP contribution in [-0.2, 0) is 11.2 Å². The van der Waals surface area contributed by atoms with Crippen LogP contribution in [0.5, 0.6) is 5.75 Å². The van der Waals surface area contributed by atoms with Gasteiger partial charge in [-0.05, 0) is 42.7 Å². The molecule has 7 nitrogen and oxygen atoms in total. The van der Waals surface area contributed by atoms with Gasteiger partial charge >= 0.3 is 6.03 Å². The number of nitrogens with zero attached hydrogens (tertiary/aromatic N) is 1. The average Bonchev–Trinajstić information content (AvgIpc) is 3.31. The van der Waals surface area contributed by atoms with Crippen molar-refractivity contribution in [1.29, 1.82) is 0 Å². The van der Waals surface area contributed by atoms with Gasteiger partial charge in [0.25, 0.3) is 0 Å². The molecule has 1 aliphatic rings. The number of H-pyrrole nitrogens is 1. The van der Waals surface area contributed by atoms with Crippen molar-refractivity contribution in [1.82, 2.24) is 15.3 Å². The van der Waals surface area contributed by atoms with Crippen molar-refractivity contribution in [3.05, 3.63) is 66.6 Å². The summed E-state index contributed by atoms with van der Waals surface area (Å²) in [6.07, 6.45) is 5.99. The number of amides is 2. The topological polar surface area (TPSA) is 88.3 Å². The smallest absolute Gasteiger partial charge is 0.319 e. The molecule has 1 aromatic heterocycles. The number of urea groups is 1. The van der Waals surface area contributed by atoms with Crippen LogP contribution in [0, 0.1) is 0 Å². The third-order valence-corrected chi connectivity index (χ3v) is 5.08. The van der Waals surface area contributed by atoms with Gasteiger partial charge in [-0.25, -0.2) is 9.78 Å². The minimum absolute atomic E-state index is 0.173. The maximum Gasteiger partial charge on any atom is 0.319 e. The summed E-state index contributed by atoms with van der Waals surface area (Å²) in [6.45, 7) is 1.96. The molecule has 0 atom stereocenters. The largest absolute Gasteiger partial charge is 0.493 e. The summed E-state index contributed by atoms with van der Waals surface area (Å²) < 4.78 is 11.3. The number of ether oxygens (including phenoxy) is 2. The van der Waals surface area contributed by atoms with E-state index in [0.717, 1.165) is 47.5 Å². The summed E-state index contributed by atoms with van der Waals surface area (Å²) in [5.74, 6) is 0.813. The minimum Gasteiger partial charge on any atom is -0.493 e. The summed E-state index contributed by atoms with van der Waals surface area (Å²) in [4.78, 5) is 19.4. The molecule has 156 valence electrons. The summed E-state index contributed by atoms with van der Waals surface area (Å²) in [7, 11) is 0. The van der Waals surface area contributed by atoms with Gasteiger partial charge in [0.1, 0.15) is 5.75 Å². The first-order chi connectivity index (χ1) is 14.8. The fourth-order valence-corrected chi connectivity index (χ4v) is 3.44. The third-order valence-electron chi connectivity index (χ3n) is 5.08. The number of benzene rings is 2. The molecule has 7 heteroatoms. The molecule has 1 saturated heterocycles. The van der Waals surface area contributed by atoms with Crippen LogP contribution in [0.15, 0.2) is 61.1 Å². The molecule has 0 aliphatic carbocycles. The predicted octanol–water partition coefficient (Wildman–Crippen LogP) is 4.00. The number of nitrogens with one attached hydrogen (secondary N) is 3. The van der Waals surface area contributed by atoms with E-state index in [1.54, 1.807) is 6.33 Å². The molecule has 3 N–H and O–H groups in total. The van der Waals surface area contributed by atoms with Gasteiger partial charge < -0.3 is 25.1 Å². The van der Waals surface area contributed by atoms with E-state index in [1.807, 2.05) is 54.7 Å². The first-order valence-electron chi connectivity index (χ1n) is 10.2. The second-order valence-corrected chi connectivity index (χ2v) is 7.23. The number of anilines is 1. The van der Waals surface area contributed by atoms with Crippen LogP contribution in [0.2, 0.25) is 0 Å². The van der Waals surface area contributed by atoms with Gasteiger partial charge in [-0.1, -0.05) is 24.3 Å². The first-order valence-corrected chi connectivity index (χ1v) is 10.2. The van der Waals surface area contributed by atoms with Crippen LogP contribution in [0.25, 0.3) is 11.3 Å². The number of aromatic amines is 1. The van der Waals surface area contributed by atoms with Crippen molar-refractivity contribution in [2.75, 3.05) is 25.1 Å². The van der Waals surface area contributed by atoms with Gasteiger partial charge in [-0.3, -0.25) is 0 Å². The molecule has 0 unspecified atom stereocenters. The molecule has 2 heterocycles. The van der Waals surface area contributed by atoms with E-state index in [9.17, 15) is 4.79 Å². The van der Waals surface area contributed by atoms with Gasteiger partial charge in [0.2, 0.25) is 0 Å². The van der Waals surface area contributed by atoms with Crippen molar-refractivity contribution in [2.24, 2.45) is 0 Å². The fourth-order valence-electron chi connectivity index (χ4n) is 3.44. The number of hydrogen-bond acceptors (Lipinski definition) is 4. The fraction of sp³-hybridized carbons (Fsp3) is 0.304. The summed E-state index contributed by atoms with van der Waals surface area (Å²) in [5, 5.41) is 5.88. The van der Waals surface area contributed by atoms with Crippen LogP contribution in [0.3, 0.4) is 0 Å². The standard InChI is InChI=1S/C23H26N4O3/c28-23(27-19-10-12-29-13-11-19)26-18-7-5-17(6-8-18)9-14-30-22-4-2-1-3-20(22)21-15-24-16-25-21/h1-8,15-16,19H,9-14H2,(H,24,25)(H2,26,27,28). The molecule has 4 rings (SSSR count). The van der Waals surface area contributed by atoms with E-state index in [2.05, 4.69) is 20.6 Å². The number of aromatic nitrogens is 2. The van der Waals surface area contributed by atoms with E-state index >= 15 is 0 Å². The molecule has 1 aliphatic heterocycles. The number of carbonyl (C=O) groups excluding carboxylic acids is 1. The van der Waals surface area contributed by atoms with Crippen LogP contribution in [0.4, 0.5) is 10.5 Å². The van der Waals surface area contributed by atoms with Gasteiger partial charge in [-0.15, -0.1) is 0 Å². The predicted molar refractivity (Wildman–Crippen MR) is 116 cm³/mol. The van der Waals surface area contributed by atoms with Gasteiger partial charge in [0, 0.05) is 43.1 Å². The first kappa shape index (κ1) is 20.0. The van der Waals surface area contributed by atoms with E-state index in [4.69, 9.17) is 9.47 Å². The highest BCUT2D eigenvalue weighted by Gasteiger charge is 2.16. The number of imidazole rings is 1. The molecule has 2 aromatic carbocycles. The quantitative estimate of drug-likeness (QED) is 0.553. The molecule has 0 radical (unpaired) electrons. The van der Waals surface area contributed by atoms with Crippen molar-refractivity contribution < 1.29 is 14.3 Å².